The van der Waals surface area contributed by atoms with Crippen LogP contribution in [0.5, 0.6) is 0 Å². The summed E-state index contributed by atoms with van der Waals surface area (Å²) < 4.78 is 32.3. The second-order valence-electron chi connectivity index (χ2n) is 16.9. The highest BCUT2D eigenvalue weighted by molar-refractivity contribution is 6.01. The first-order valence-corrected chi connectivity index (χ1v) is 19.9. The fraction of sp³-hybridized carbons (Fsp3) is 0.714. The van der Waals surface area contributed by atoms with Gasteiger partial charge in [-0.05, 0) is 78.6 Å². The zero-order valence-electron chi connectivity index (χ0n) is 34.8. The molecule has 314 valence electrons. The van der Waals surface area contributed by atoms with Crippen LogP contribution in [0.4, 0.5) is 0 Å². The van der Waals surface area contributed by atoms with E-state index in [1.54, 1.807) is 39.1 Å². The van der Waals surface area contributed by atoms with Crippen LogP contribution < -0.4 is 0 Å². The first kappa shape index (κ1) is 44.5. The van der Waals surface area contributed by atoms with E-state index < -0.39 is 89.3 Å². The van der Waals surface area contributed by atoms with Gasteiger partial charge in [-0.15, -0.1) is 6.42 Å². The molecule has 3 fully saturated rings. The monoisotopic (exact) mass is 796 g/mol. The van der Waals surface area contributed by atoms with E-state index in [0.29, 0.717) is 23.4 Å². The molecule has 0 radical (unpaired) electrons. The number of cyclic esters (lactones) is 1. The van der Waals surface area contributed by atoms with E-state index in [2.05, 4.69) is 16.1 Å². The summed E-state index contributed by atoms with van der Waals surface area (Å²) in [7, 11) is 3.73. The number of fused-ring (bicyclic) bond motifs is 4. The summed E-state index contributed by atoms with van der Waals surface area (Å²) in [5, 5.41) is 28.4. The molecule has 57 heavy (non-hydrogen) atoms. The molecule has 0 spiro atoms. The van der Waals surface area contributed by atoms with E-state index in [-0.39, 0.29) is 50.3 Å². The number of terminal acetylenes is 1. The van der Waals surface area contributed by atoms with E-state index in [1.807, 2.05) is 39.8 Å². The van der Waals surface area contributed by atoms with Crippen molar-refractivity contribution < 1.29 is 53.1 Å². The number of hydrogen-bond acceptors (Lipinski definition) is 14. The van der Waals surface area contributed by atoms with Gasteiger partial charge in [0.2, 0.25) is 6.10 Å². The Labute approximate surface area is 335 Å². The van der Waals surface area contributed by atoms with Gasteiger partial charge in [0.05, 0.1) is 37.1 Å². The predicted octanol–water partition coefficient (Wildman–Crippen LogP) is 2.90. The maximum Gasteiger partial charge on any atom is 0.316 e. The fourth-order valence-corrected chi connectivity index (χ4v) is 8.78. The van der Waals surface area contributed by atoms with Crippen molar-refractivity contribution in [1.29, 1.82) is 0 Å². The number of aliphatic hydroxyl groups excluding tert-OH is 1. The summed E-state index contributed by atoms with van der Waals surface area (Å²) in [6, 6.07) is 3.11. The lowest BCUT2D eigenvalue weighted by atomic mass is 9.73. The molecule has 0 saturated carbocycles. The summed E-state index contributed by atoms with van der Waals surface area (Å²) in [5.41, 5.74) is -1.52. The van der Waals surface area contributed by atoms with Crippen molar-refractivity contribution in [1.82, 2.24) is 9.88 Å². The number of aliphatic imine (C=N–C) groups is 1. The maximum absolute atomic E-state index is 14.4. The van der Waals surface area contributed by atoms with Crippen LogP contribution in [-0.4, -0.2) is 137 Å². The minimum Gasteiger partial charge on any atom is -0.459 e. The summed E-state index contributed by atoms with van der Waals surface area (Å²) in [6.45, 7) is 13.4. The molecule has 5 heterocycles. The Morgan fingerprint density at radius 3 is 2.42 bits per heavy atom. The van der Waals surface area contributed by atoms with Gasteiger partial charge in [-0.2, -0.15) is 0 Å². The normalized spacial score (nSPS) is 40.7. The smallest absolute Gasteiger partial charge is 0.316 e. The Hall–Kier alpha value is -3.62. The molecule has 3 saturated heterocycles. The van der Waals surface area contributed by atoms with E-state index in [4.69, 9.17) is 39.9 Å². The average Bonchev–Trinajstić information content (AvgIpc) is 3.20. The Balaban J connectivity index is 1.69. The summed E-state index contributed by atoms with van der Waals surface area (Å²) >= 11 is 0. The second-order valence-corrected chi connectivity index (χ2v) is 16.9. The summed E-state index contributed by atoms with van der Waals surface area (Å²) in [4.78, 5) is 59.4. The van der Waals surface area contributed by atoms with Crippen molar-refractivity contribution in [3.05, 3.63) is 29.6 Å². The number of Topliss-reactive ketones (excluding diaryl/α,β-unsaturated/α-hetero) is 1. The zero-order valence-corrected chi connectivity index (χ0v) is 34.8. The first-order valence-electron chi connectivity index (χ1n) is 19.9. The van der Waals surface area contributed by atoms with Crippen LogP contribution in [0.2, 0.25) is 0 Å². The molecular weight excluding hydrogens is 736 g/mol. The van der Waals surface area contributed by atoms with Crippen molar-refractivity contribution in [2.45, 2.75) is 141 Å². The largest absolute Gasteiger partial charge is 0.459 e. The molecule has 2 N–H and O–H groups in total. The maximum atomic E-state index is 14.4. The van der Waals surface area contributed by atoms with Gasteiger partial charge in [-0.1, -0.05) is 44.8 Å². The van der Waals surface area contributed by atoms with Crippen LogP contribution in [-0.2, 0) is 49.3 Å². The number of aliphatic hydroxyl groups is 2. The third kappa shape index (κ3) is 9.65. The number of ketones is 1. The molecule has 14 atom stereocenters. The van der Waals surface area contributed by atoms with Crippen LogP contribution in [0.15, 0.2) is 28.5 Å². The number of oxime groups is 1. The number of likely N-dealkylation sites (N-methyl/N-ethyl adjacent to an activating group) is 1. The van der Waals surface area contributed by atoms with Crippen LogP contribution in [0.25, 0.3) is 0 Å². The fourth-order valence-electron chi connectivity index (χ4n) is 8.78. The van der Waals surface area contributed by atoms with Gasteiger partial charge in [0.1, 0.15) is 35.1 Å². The molecule has 1 unspecified atom stereocenters. The number of hydrogen-bond donors (Lipinski definition) is 2. The van der Waals surface area contributed by atoms with E-state index in [9.17, 15) is 24.6 Å². The van der Waals surface area contributed by atoms with Crippen molar-refractivity contribution in [3.8, 4) is 12.3 Å². The molecule has 5 rings (SSSR count). The number of carbonyl (C=O) groups is 3. The highest BCUT2D eigenvalue weighted by Gasteiger charge is 2.53. The molecule has 1 aromatic rings. The SMILES string of the molecule is C#Cc1ccc(CC2O/N=C3\CO[C@H]4[C@H](C)C(=NC2=O)[C@H](C)C[C@@](C)(OC3)[C@H](O[C@@H]2O[C@H](C)C[C@H](N(C)C)[C@H]2O)[C@@H](C)C(=O)[C@@H](C)C(=O)O[C@H](CC)[C@@]4(C)O)cn1. The number of aromatic nitrogens is 1. The van der Waals surface area contributed by atoms with E-state index in [0.717, 1.165) is 0 Å². The first-order chi connectivity index (χ1) is 26.8. The molecule has 4 bridgehead atoms. The average molecular weight is 797 g/mol. The van der Waals surface area contributed by atoms with Crippen molar-refractivity contribution in [2.24, 2.45) is 33.8 Å². The molecule has 1 aromatic heterocycles. The van der Waals surface area contributed by atoms with Gasteiger partial charge in [-0.3, -0.25) is 14.4 Å². The number of pyridine rings is 1. The molecule has 15 heteroatoms. The quantitative estimate of drug-likeness (QED) is 0.243. The highest BCUT2D eigenvalue weighted by Crippen LogP contribution is 2.40. The molecule has 15 nitrogen and oxygen atoms in total. The van der Waals surface area contributed by atoms with E-state index in [1.165, 1.54) is 13.8 Å². The number of ether oxygens (including phenoxy) is 5. The Morgan fingerprint density at radius 1 is 1.07 bits per heavy atom. The lowest BCUT2D eigenvalue weighted by molar-refractivity contribution is -0.296. The Morgan fingerprint density at radius 2 is 1.79 bits per heavy atom. The number of carbonyl (C=O) groups excluding carboxylic acids is 3. The van der Waals surface area contributed by atoms with Crippen molar-refractivity contribution in [2.75, 3.05) is 27.3 Å². The molecule has 1 amide bonds. The molecular formula is C42H60N4O11. The third-order valence-electron chi connectivity index (χ3n) is 12.1. The molecule has 4 aliphatic rings. The van der Waals surface area contributed by atoms with Crippen LogP contribution in [0, 0.1) is 36.0 Å². The lowest BCUT2D eigenvalue weighted by Gasteiger charge is -2.47. The van der Waals surface area contributed by atoms with Gasteiger partial charge in [-0.25, -0.2) is 9.98 Å². The molecule has 4 aliphatic heterocycles. The summed E-state index contributed by atoms with van der Waals surface area (Å²) in [5.74, 6) is -3.04. The minimum absolute atomic E-state index is 0.0746. The summed E-state index contributed by atoms with van der Waals surface area (Å²) in [6.07, 6.45) is 0.938. The lowest BCUT2D eigenvalue weighted by Crippen LogP contribution is -2.60. The molecule has 0 aromatic carbocycles. The number of rotatable bonds is 6. The Kier molecular flexibility index (Phi) is 14.1. The van der Waals surface area contributed by atoms with Crippen LogP contribution in [0.1, 0.15) is 85.9 Å². The van der Waals surface area contributed by atoms with Gasteiger partial charge < -0.3 is 43.6 Å². The van der Waals surface area contributed by atoms with Crippen molar-refractivity contribution in [3.63, 3.8) is 0 Å². The Bertz CT molecular complexity index is 1720. The topological polar surface area (TPSA) is 188 Å². The van der Waals surface area contributed by atoms with Gasteiger partial charge >= 0.3 is 5.97 Å². The minimum atomic E-state index is -1.84. The van der Waals surface area contributed by atoms with Gasteiger partial charge in [0.15, 0.2) is 12.1 Å². The number of amides is 1. The second kappa shape index (κ2) is 18.1. The van der Waals surface area contributed by atoms with Gasteiger partial charge in [0.25, 0.3) is 5.91 Å². The zero-order chi connectivity index (χ0) is 42.0. The van der Waals surface area contributed by atoms with E-state index >= 15 is 0 Å². The standard InChI is InChI=1S/C42H60N4O11/c1-12-28-15-14-27(19-43-28)17-31-38(49)44-33-22(3)18-41(8)36(56-40-35(48)30(46(10)11)16-23(4)54-40)25(6)34(47)26(7)39(50)55-32(13-2)42(9,51)37(24(33)5)52-20-29(21-53-41)45-57-31/h1,14-15,19,22-26,30-32,35-37,40,48,51H,13,16-18,20-21H2,2-11H3/b44-33?,45-29+/t22-,23-,24-,25+,26-,30+,31?,32-,35-,36-,37+,40+,41-,42-/m1/s1. The number of nitrogens with zero attached hydrogens (tertiary/aromatic N) is 4. The molecule has 0 aliphatic carbocycles. The highest BCUT2D eigenvalue weighted by atomic mass is 16.7. The van der Waals surface area contributed by atoms with Crippen LogP contribution >= 0.6 is 0 Å². The number of esters is 1. The van der Waals surface area contributed by atoms with Gasteiger partial charge in [0, 0.05) is 36.2 Å². The van der Waals surface area contributed by atoms with Crippen molar-refractivity contribution >= 4 is 29.1 Å². The van der Waals surface area contributed by atoms with Crippen LogP contribution in [0.3, 0.4) is 0 Å². The third-order valence-corrected chi connectivity index (χ3v) is 12.1. The predicted molar refractivity (Wildman–Crippen MR) is 209 cm³/mol.